The number of allylic oxidation sites excluding steroid dienone is 4. The number of hydrogen-bond donors (Lipinski definition) is 1. The summed E-state index contributed by atoms with van der Waals surface area (Å²) >= 11 is 0. The minimum absolute atomic E-state index is 0.821. The van der Waals surface area contributed by atoms with E-state index in [0.717, 1.165) is 23.6 Å². The molecule has 0 fully saturated rings. The van der Waals surface area contributed by atoms with E-state index in [0.29, 0.717) is 0 Å². The summed E-state index contributed by atoms with van der Waals surface area (Å²) < 4.78 is 5.81. The zero-order chi connectivity index (χ0) is 10.1. The van der Waals surface area contributed by atoms with Crippen LogP contribution in [0.15, 0.2) is 60.0 Å². The molecule has 0 saturated carbocycles. The number of benzene rings is 1. The van der Waals surface area contributed by atoms with Gasteiger partial charge in [-0.2, -0.15) is 0 Å². The van der Waals surface area contributed by atoms with Crippen LogP contribution in [0.1, 0.15) is 6.42 Å². The van der Waals surface area contributed by atoms with Gasteiger partial charge in [0.05, 0.1) is 5.69 Å². The predicted octanol–water partition coefficient (Wildman–Crippen LogP) is 3.22. The van der Waals surface area contributed by atoms with Crippen molar-refractivity contribution in [1.29, 1.82) is 0 Å². The van der Waals surface area contributed by atoms with Crippen molar-refractivity contribution in [3.05, 3.63) is 60.0 Å². The van der Waals surface area contributed by atoms with Gasteiger partial charge in [-0.05, 0) is 24.3 Å². The monoisotopic (exact) mass is 197 g/mol. The predicted molar refractivity (Wildman–Crippen MR) is 60.6 cm³/mol. The summed E-state index contributed by atoms with van der Waals surface area (Å²) in [6.45, 7) is 0. The summed E-state index contributed by atoms with van der Waals surface area (Å²) in [6, 6.07) is 7.99. The third kappa shape index (κ3) is 1.54. The molecule has 1 aliphatic heterocycles. The van der Waals surface area contributed by atoms with Crippen LogP contribution >= 0.6 is 0 Å². The van der Waals surface area contributed by atoms with Gasteiger partial charge in [0.2, 0.25) is 0 Å². The van der Waals surface area contributed by atoms with Crippen LogP contribution in [0.3, 0.4) is 0 Å². The molecule has 2 heteroatoms. The van der Waals surface area contributed by atoms with Crippen LogP contribution in [0.5, 0.6) is 5.75 Å². The average molecular weight is 197 g/mol. The Hall–Kier alpha value is -1.96. The number of rotatable bonds is 0. The van der Waals surface area contributed by atoms with Gasteiger partial charge >= 0.3 is 0 Å². The molecule has 3 rings (SSSR count). The molecule has 1 aromatic carbocycles. The van der Waals surface area contributed by atoms with Crippen molar-refractivity contribution in [3.63, 3.8) is 0 Å². The second kappa shape index (κ2) is 3.31. The highest BCUT2D eigenvalue weighted by atomic mass is 16.5. The maximum atomic E-state index is 5.81. The Kier molecular flexibility index (Phi) is 1.85. The minimum atomic E-state index is 0.821. The second-order valence-electron chi connectivity index (χ2n) is 3.61. The van der Waals surface area contributed by atoms with E-state index in [2.05, 4.69) is 11.4 Å². The Labute approximate surface area is 88.6 Å². The highest BCUT2D eigenvalue weighted by molar-refractivity contribution is 5.62. The average Bonchev–Trinajstić information content (AvgIpc) is 2.57. The van der Waals surface area contributed by atoms with Gasteiger partial charge in [0.1, 0.15) is 11.5 Å². The van der Waals surface area contributed by atoms with Crippen LogP contribution in [0.25, 0.3) is 0 Å². The van der Waals surface area contributed by atoms with E-state index < -0.39 is 0 Å². The molecule has 0 atom stereocenters. The number of nitrogens with one attached hydrogen (secondary N) is 1. The summed E-state index contributed by atoms with van der Waals surface area (Å²) in [5.74, 6) is 1.87. The molecule has 0 radical (unpaired) electrons. The zero-order valence-corrected chi connectivity index (χ0v) is 8.23. The van der Waals surface area contributed by atoms with Gasteiger partial charge in [0.25, 0.3) is 0 Å². The van der Waals surface area contributed by atoms with Crippen molar-refractivity contribution >= 4 is 5.69 Å². The molecular formula is C13H11NO. The lowest BCUT2D eigenvalue weighted by atomic mass is 10.2. The van der Waals surface area contributed by atoms with Gasteiger partial charge in [-0.15, -0.1) is 0 Å². The quantitative estimate of drug-likeness (QED) is 0.689. The molecule has 2 aliphatic rings. The van der Waals surface area contributed by atoms with Crippen molar-refractivity contribution in [2.24, 2.45) is 0 Å². The Balaban J connectivity index is 2.12. The molecule has 1 N–H and O–H groups in total. The van der Waals surface area contributed by atoms with Crippen molar-refractivity contribution in [3.8, 4) is 5.75 Å². The maximum absolute atomic E-state index is 5.81. The minimum Gasteiger partial charge on any atom is -0.459 e. The molecule has 0 spiro atoms. The van der Waals surface area contributed by atoms with E-state index in [1.165, 1.54) is 5.70 Å². The smallest absolute Gasteiger partial charge is 0.150 e. The Morgan fingerprint density at radius 2 is 1.93 bits per heavy atom. The van der Waals surface area contributed by atoms with Crippen molar-refractivity contribution in [1.82, 2.24) is 0 Å². The van der Waals surface area contributed by atoms with E-state index in [-0.39, 0.29) is 0 Å². The number of hydrogen-bond acceptors (Lipinski definition) is 2. The zero-order valence-electron chi connectivity index (χ0n) is 8.23. The molecule has 1 aliphatic carbocycles. The highest BCUT2D eigenvalue weighted by Gasteiger charge is 2.14. The van der Waals surface area contributed by atoms with Crippen molar-refractivity contribution < 1.29 is 4.74 Å². The van der Waals surface area contributed by atoms with Gasteiger partial charge in [-0.1, -0.05) is 24.3 Å². The SMILES string of the molecule is C1=CC=C2CC(=C1)Nc1ccccc1O2. The largest absolute Gasteiger partial charge is 0.459 e. The molecule has 0 saturated heterocycles. The summed E-state index contributed by atoms with van der Waals surface area (Å²) in [4.78, 5) is 0. The molecule has 0 aromatic heterocycles. The van der Waals surface area contributed by atoms with E-state index in [4.69, 9.17) is 4.74 Å². The molecule has 74 valence electrons. The molecule has 0 unspecified atom stereocenters. The lowest BCUT2D eigenvalue weighted by Crippen LogP contribution is -1.96. The van der Waals surface area contributed by atoms with Crippen molar-refractivity contribution in [2.45, 2.75) is 6.42 Å². The fourth-order valence-corrected chi connectivity index (χ4v) is 1.77. The summed E-state index contributed by atoms with van der Waals surface area (Å²) in [6.07, 6.45) is 8.93. The molecular weight excluding hydrogens is 186 g/mol. The van der Waals surface area contributed by atoms with Gasteiger partial charge in [-0.25, -0.2) is 0 Å². The Bertz CT molecular complexity index is 440. The maximum Gasteiger partial charge on any atom is 0.150 e. The molecule has 0 amide bonds. The molecule has 2 nitrogen and oxygen atoms in total. The number of ether oxygens (including phenoxy) is 1. The number of anilines is 1. The first-order valence-corrected chi connectivity index (χ1v) is 5.02. The van der Waals surface area contributed by atoms with Crippen LogP contribution in [-0.4, -0.2) is 0 Å². The van der Waals surface area contributed by atoms with Gasteiger partial charge < -0.3 is 10.1 Å². The number of fused-ring (bicyclic) bond motifs is 3. The fraction of sp³-hybridized carbons (Fsp3) is 0.0769. The van der Waals surface area contributed by atoms with E-state index in [9.17, 15) is 0 Å². The molecule has 2 bridgehead atoms. The summed E-state index contributed by atoms with van der Waals surface area (Å²) in [7, 11) is 0. The van der Waals surface area contributed by atoms with Crippen LogP contribution in [0, 0.1) is 0 Å². The highest BCUT2D eigenvalue weighted by Crippen LogP contribution is 2.33. The van der Waals surface area contributed by atoms with Crippen molar-refractivity contribution in [2.75, 3.05) is 5.32 Å². The first-order valence-electron chi connectivity index (χ1n) is 5.02. The van der Waals surface area contributed by atoms with E-state index in [1.807, 2.05) is 42.5 Å². The fourth-order valence-electron chi connectivity index (χ4n) is 1.77. The van der Waals surface area contributed by atoms with Crippen LogP contribution in [-0.2, 0) is 0 Å². The number of para-hydroxylation sites is 2. The van der Waals surface area contributed by atoms with Gasteiger partial charge in [0, 0.05) is 12.1 Å². The third-order valence-corrected chi connectivity index (χ3v) is 2.48. The topological polar surface area (TPSA) is 21.3 Å². The molecule has 1 heterocycles. The summed E-state index contributed by atoms with van der Waals surface area (Å²) in [5.41, 5.74) is 2.20. The van der Waals surface area contributed by atoms with Crippen LogP contribution in [0.4, 0.5) is 5.69 Å². The van der Waals surface area contributed by atoms with Gasteiger partial charge in [0.15, 0.2) is 0 Å². The third-order valence-electron chi connectivity index (χ3n) is 2.48. The van der Waals surface area contributed by atoms with Crippen LogP contribution < -0.4 is 10.1 Å². The van der Waals surface area contributed by atoms with E-state index >= 15 is 0 Å². The van der Waals surface area contributed by atoms with Gasteiger partial charge in [-0.3, -0.25) is 0 Å². The first kappa shape index (κ1) is 8.36. The molecule has 1 aromatic rings. The lowest BCUT2D eigenvalue weighted by Gasteiger charge is -2.07. The molecule has 15 heavy (non-hydrogen) atoms. The normalized spacial score (nSPS) is 17.3. The van der Waals surface area contributed by atoms with Crippen LogP contribution in [0.2, 0.25) is 0 Å². The summed E-state index contributed by atoms with van der Waals surface area (Å²) in [5, 5.41) is 3.37. The first-order chi connectivity index (χ1) is 7.42. The Morgan fingerprint density at radius 1 is 1.07 bits per heavy atom. The standard InChI is InChI=1S/C13H11NO/c1-2-6-11-9-10(5-1)14-12-7-3-4-8-13(12)15-11/h1-8,14H,9H2. The second-order valence-corrected chi connectivity index (χ2v) is 3.61. The lowest BCUT2D eigenvalue weighted by molar-refractivity contribution is 0.420. The van der Waals surface area contributed by atoms with E-state index in [1.54, 1.807) is 0 Å². The Morgan fingerprint density at radius 3 is 2.93 bits per heavy atom.